The third-order valence-corrected chi connectivity index (χ3v) is 5.55. The van der Waals surface area contributed by atoms with Crippen LogP contribution < -0.4 is 11.1 Å². The average Bonchev–Trinajstić information content (AvgIpc) is 2.69. The summed E-state index contributed by atoms with van der Waals surface area (Å²) in [5, 5.41) is 12.7. The Morgan fingerprint density at radius 1 is 1.17 bits per heavy atom. The van der Waals surface area contributed by atoms with Gasteiger partial charge >= 0.3 is 0 Å². The van der Waals surface area contributed by atoms with E-state index < -0.39 is 29.0 Å². The lowest BCUT2D eigenvalue weighted by atomic mass is 9.99. The summed E-state index contributed by atoms with van der Waals surface area (Å²) in [6, 6.07) is 11.6. The van der Waals surface area contributed by atoms with Crippen molar-refractivity contribution in [1.29, 1.82) is 0 Å². The Morgan fingerprint density at radius 2 is 1.83 bits per heavy atom. The van der Waals surface area contributed by atoms with Crippen LogP contribution in [0.25, 0.3) is 0 Å². The van der Waals surface area contributed by atoms with Gasteiger partial charge in [-0.05, 0) is 29.7 Å². The van der Waals surface area contributed by atoms with Gasteiger partial charge in [0.05, 0.1) is 12.7 Å². The van der Waals surface area contributed by atoms with Crippen molar-refractivity contribution < 1.29 is 23.4 Å². The number of hydrogen-bond donors (Lipinski definition) is 3. The molecule has 0 bridgehead atoms. The second-order valence-corrected chi connectivity index (χ2v) is 7.87. The molecule has 0 aliphatic heterocycles. The molecule has 0 aliphatic carbocycles. The van der Waals surface area contributed by atoms with Gasteiger partial charge in [-0.3, -0.25) is 4.79 Å². The van der Waals surface area contributed by atoms with Crippen molar-refractivity contribution >= 4 is 17.7 Å². The number of aliphatic hydroxyl groups is 1. The maximum absolute atomic E-state index is 13.4. The number of hydrogen-bond acceptors (Lipinski definition) is 5. The predicted molar refractivity (Wildman–Crippen MR) is 110 cm³/mol. The summed E-state index contributed by atoms with van der Waals surface area (Å²) in [5.41, 5.74) is 7.33. The molecule has 5 nitrogen and oxygen atoms in total. The van der Waals surface area contributed by atoms with Crippen LogP contribution >= 0.6 is 11.8 Å². The summed E-state index contributed by atoms with van der Waals surface area (Å²) in [6.07, 6.45) is -1.18. The number of thioether (sulfide) groups is 1. The molecular formula is C21H26F2N2O3S. The molecule has 0 saturated carbocycles. The summed E-state index contributed by atoms with van der Waals surface area (Å²) in [4.78, 5) is 12.7. The Hall–Kier alpha value is -2.00. The first-order chi connectivity index (χ1) is 13.9. The quantitative estimate of drug-likeness (QED) is 0.482. The highest BCUT2D eigenvalue weighted by Gasteiger charge is 2.31. The molecule has 1 amide bonds. The van der Waals surface area contributed by atoms with Crippen LogP contribution in [0, 0.1) is 11.6 Å². The van der Waals surface area contributed by atoms with Gasteiger partial charge in [0.25, 0.3) is 0 Å². The van der Waals surface area contributed by atoms with Gasteiger partial charge in [0.2, 0.25) is 5.91 Å². The van der Waals surface area contributed by atoms with E-state index in [9.17, 15) is 18.7 Å². The molecule has 3 unspecified atom stereocenters. The van der Waals surface area contributed by atoms with Crippen molar-refractivity contribution in [2.75, 3.05) is 19.5 Å². The lowest BCUT2D eigenvalue weighted by Gasteiger charge is -2.26. The van der Waals surface area contributed by atoms with Gasteiger partial charge in [0.15, 0.2) is 0 Å². The van der Waals surface area contributed by atoms with Gasteiger partial charge in [-0.25, -0.2) is 8.78 Å². The average molecular weight is 425 g/mol. The molecule has 0 aromatic heterocycles. The van der Waals surface area contributed by atoms with E-state index in [4.69, 9.17) is 10.5 Å². The summed E-state index contributed by atoms with van der Waals surface area (Å²) < 4.78 is 31.8. The lowest BCUT2D eigenvalue weighted by molar-refractivity contribution is -0.122. The molecule has 158 valence electrons. The zero-order chi connectivity index (χ0) is 21.2. The number of carbonyl (C=O) groups excluding carboxylic acids is 1. The van der Waals surface area contributed by atoms with Crippen LogP contribution in [0.2, 0.25) is 0 Å². The predicted octanol–water partition coefficient (Wildman–Crippen LogP) is 2.26. The van der Waals surface area contributed by atoms with Crippen molar-refractivity contribution in [3.05, 3.63) is 71.3 Å². The Balaban J connectivity index is 2.04. The SMILES string of the molecule is COCCSC(C(=O)NCc1ccccc1)C(O)C(N)Cc1cc(F)cc(F)c1. The van der Waals surface area contributed by atoms with Gasteiger partial charge in [-0.2, -0.15) is 0 Å². The van der Waals surface area contributed by atoms with Crippen molar-refractivity contribution in [2.45, 2.75) is 30.4 Å². The van der Waals surface area contributed by atoms with Crippen molar-refractivity contribution in [3.63, 3.8) is 0 Å². The molecule has 3 atom stereocenters. The summed E-state index contributed by atoms with van der Waals surface area (Å²) in [5.74, 6) is -1.30. The molecular weight excluding hydrogens is 398 g/mol. The molecule has 2 aromatic carbocycles. The fraction of sp³-hybridized carbons (Fsp3) is 0.381. The molecule has 8 heteroatoms. The molecule has 2 rings (SSSR count). The van der Waals surface area contributed by atoms with Gasteiger partial charge in [0.1, 0.15) is 16.9 Å². The Kier molecular flexibility index (Phi) is 9.53. The van der Waals surface area contributed by atoms with E-state index in [-0.39, 0.29) is 12.3 Å². The minimum absolute atomic E-state index is 0.0309. The van der Waals surface area contributed by atoms with E-state index in [2.05, 4.69) is 5.32 Å². The molecule has 0 spiro atoms. The topological polar surface area (TPSA) is 84.6 Å². The number of rotatable bonds is 11. The number of amides is 1. The highest BCUT2D eigenvalue weighted by molar-refractivity contribution is 8.00. The van der Waals surface area contributed by atoms with Crippen LogP contribution in [-0.2, 0) is 22.5 Å². The van der Waals surface area contributed by atoms with Gasteiger partial charge in [-0.1, -0.05) is 30.3 Å². The number of nitrogens with two attached hydrogens (primary N) is 1. The molecule has 0 aliphatic rings. The monoisotopic (exact) mass is 424 g/mol. The van der Waals surface area contributed by atoms with Crippen LogP contribution in [-0.4, -0.2) is 47.9 Å². The van der Waals surface area contributed by atoms with E-state index in [1.54, 1.807) is 7.11 Å². The first-order valence-electron chi connectivity index (χ1n) is 9.21. The molecule has 0 saturated heterocycles. The number of carbonyl (C=O) groups is 1. The Bertz CT molecular complexity index is 760. The molecule has 29 heavy (non-hydrogen) atoms. The maximum atomic E-state index is 13.4. The largest absolute Gasteiger partial charge is 0.390 e. The van der Waals surface area contributed by atoms with Crippen molar-refractivity contribution in [1.82, 2.24) is 5.32 Å². The molecule has 0 heterocycles. The van der Waals surface area contributed by atoms with E-state index >= 15 is 0 Å². The smallest absolute Gasteiger partial charge is 0.236 e. The summed E-state index contributed by atoms with van der Waals surface area (Å²) in [7, 11) is 1.55. The van der Waals surface area contributed by atoms with E-state index in [1.165, 1.54) is 11.8 Å². The standard InChI is InChI=1S/C21H26F2N2O3S/c1-28-7-8-29-20(21(27)25-13-14-5-3-2-4-6-14)19(26)18(24)11-15-9-16(22)12-17(23)10-15/h2-6,9-10,12,18-20,26H,7-8,11,13,24H2,1H3,(H,25,27). The highest BCUT2D eigenvalue weighted by Crippen LogP contribution is 2.20. The third kappa shape index (κ3) is 7.74. The molecule has 0 radical (unpaired) electrons. The first-order valence-corrected chi connectivity index (χ1v) is 10.3. The summed E-state index contributed by atoms with van der Waals surface area (Å²) in [6.45, 7) is 0.724. The number of aliphatic hydroxyl groups excluding tert-OH is 1. The van der Waals surface area contributed by atoms with E-state index in [0.717, 1.165) is 23.8 Å². The zero-order valence-electron chi connectivity index (χ0n) is 16.2. The molecule has 0 fully saturated rings. The minimum atomic E-state index is -1.21. The van der Waals surface area contributed by atoms with Gasteiger partial charge in [-0.15, -0.1) is 11.8 Å². The summed E-state index contributed by atoms with van der Waals surface area (Å²) >= 11 is 1.23. The Labute approximate surface area is 173 Å². The second-order valence-electron chi connectivity index (χ2n) is 6.62. The maximum Gasteiger partial charge on any atom is 0.236 e. The van der Waals surface area contributed by atoms with Crippen LogP contribution in [0.15, 0.2) is 48.5 Å². The van der Waals surface area contributed by atoms with Crippen LogP contribution in [0.5, 0.6) is 0 Å². The van der Waals surface area contributed by atoms with Crippen molar-refractivity contribution in [2.24, 2.45) is 5.73 Å². The lowest BCUT2D eigenvalue weighted by Crippen LogP contribution is -2.49. The van der Waals surface area contributed by atoms with Gasteiger partial charge in [0, 0.05) is 31.5 Å². The third-order valence-electron chi connectivity index (χ3n) is 4.30. The van der Waals surface area contributed by atoms with Crippen LogP contribution in [0.3, 0.4) is 0 Å². The normalized spacial score (nSPS) is 14.2. The highest BCUT2D eigenvalue weighted by atomic mass is 32.2. The number of ether oxygens (including phenoxy) is 1. The fourth-order valence-electron chi connectivity index (χ4n) is 2.82. The Morgan fingerprint density at radius 3 is 2.45 bits per heavy atom. The molecule has 2 aromatic rings. The zero-order valence-corrected chi connectivity index (χ0v) is 17.0. The first kappa shape index (κ1) is 23.3. The minimum Gasteiger partial charge on any atom is -0.390 e. The number of methoxy groups -OCH3 is 1. The van der Waals surface area contributed by atoms with Gasteiger partial charge < -0.3 is 20.9 Å². The number of nitrogens with one attached hydrogen (secondary N) is 1. The van der Waals surface area contributed by atoms with E-state index in [1.807, 2.05) is 30.3 Å². The fourth-order valence-corrected chi connectivity index (χ4v) is 3.97. The van der Waals surface area contributed by atoms with Crippen LogP contribution in [0.1, 0.15) is 11.1 Å². The van der Waals surface area contributed by atoms with Crippen LogP contribution in [0.4, 0.5) is 8.78 Å². The van der Waals surface area contributed by atoms with E-state index in [0.29, 0.717) is 24.5 Å². The number of halogens is 2. The molecule has 4 N–H and O–H groups in total. The number of benzene rings is 2. The van der Waals surface area contributed by atoms with Crippen molar-refractivity contribution in [3.8, 4) is 0 Å². The second kappa shape index (κ2) is 11.9.